The van der Waals surface area contributed by atoms with Gasteiger partial charge in [-0.2, -0.15) is 0 Å². The Morgan fingerprint density at radius 2 is 1.80 bits per heavy atom. The highest BCUT2D eigenvalue weighted by molar-refractivity contribution is 6.10. The van der Waals surface area contributed by atoms with Crippen LogP contribution in [0.2, 0.25) is 0 Å². The van der Waals surface area contributed by atoms with E-state index in [9.17, 15) is 14.4 Å². The molecular formula is C23H25N3O4. The van der Waals surface area contributed by atoms with Crippen LogP contribution in [0.4, 0.5) is 10.5 Å². The molecular weight excluding hydrogens is 382 g/mol. The topological polar surface area (TPSA) is 87.7 Å². The predicted molar refractivity (Wildman–Crippen MR) is 112 cm³/mol. The molecule has 156 valence electrons. The number of rotatable bonds is 5. The molecule has 2 aliphatic rings. The summed E-state index contributed by atoms with van der Waals surface area (Å²) >= 11 is 0. The van der Waals surface area contributed by atoms with Crippen LogP contribution in [0.1, 0.15) is 37.7 Å². The number of carbonyl (C=O) groups excluding carboxylic acids is 3. The minimum absolute atomic E-state index is 0.288. The Bertz CT molecular complexity index is 965. The number of imide groups is 1. The molecule has 1 saturated carbocycles. The van der Waals surface area contributed by atoms with Crippen LogP contribution in [0, 0.1) is 6.92 Å². The summed E-state index contributed by atoms with van der Waals surface area (Å²) in [6.45, 7) is 1.70. The van der Waals surface area contributed by atoms with Crippen LogP contribution in [0.3, 0.4) is 0 Å². The molecule has 4 rings (SSSR count). The van der Waals surface area contributed by atoms with Gasteiger partial charge in [-0.3, -0.25) is 14.5 Å². The number of urea groups is 1. The van der Waals surface area contributed by atoms with Gasteiger partial charge in [-0.1, -0.05) is 31.4 Å². The average Bonchev–Trinajstić information content (AvgIpc) is 2.94. The van der Waals surface area contributed by atoms with Gasteiger partial charge in [-0.25, -0.2) is 4.79 Å². The van der Waals surface area contributed by atoms with Gasteiger partial charge in [0.1, 0.15) is 23.6 Å². The van der Waals surface area contributed by atoms with E-state index in [0.29, 0.717) is 24.3 Å². The lowest BCUT2D eigenvalue weighted by Crippen LogP contribution is -2.48. The van der Waals surface area contributed by atoms with Crippen molar-refractivity contribution in [2.24, 2.45) is 0 Å². The smallest absolute Gasteiger partial charge is 0.325 e. The van der Waals surface area contributed by atoms with Gasteiger partial charge in [0.2, 0.25) is 5.91 Å². The Hall–Kier alpha value is -3.35. The van der Waals surface area contributed by atoms with Crippen LogP contribution < -0.4 is 15.4 Å². The van der Waals surface area contributed by atoms with E-state index in [4.69, 9.17) is 4.74 Å². The normalized spacial score (nSPS) is 17.7. The Morgan fingerprint density at radius 1 is 1.07 bits per heavy atom. The fraction of sp³-hybridized carbons (Fsp3) is 0.348. The van der Waals surface area contributed by atoms with Crippen molar-refractivity contribution >= 4 is 23.5 Å². The van der Waals surface area contributed by atoms with Crippen molar-refractivity contribution in [1.29, 1.82) is 0 Å². The number of nitrogens with zero attached hydrogens (tertiary/aromatic N) is 1. The fourth-order valence-electron chi connectivity index (χ4n) is 4.08. The van der Waals surface area contributed by atoms with Gasteiger partial charge >= 0.3 is 6.03 Å². The maximum Gasteiger partial charge on any atom is 0.325 e. The quantitative estimate of drug-likeness (QED) is 0.734. The van der Waals surface area contributed by atoms with Crippen LogP contribution in [0.5, 0.6) is 11.5 Å². The summed E-state index contributed by atoms with van der Waals surface area (Å²) in [7, 11) is 0. The molecule has 1 saturated heterocycles. The number of hydrogen-bond donors (Lipinski definition) is 2. The van der Waals surface area contributed by atoms with E-state index in [2.05, 4.69) is 10.6 Å². The first-order valence-electron chi connectivity index (χ1n) is 10.2. The first-order chi connectivity index (χ1) is 14.4. The molecule has 30 heavy (non-hydrogen) atoms. The fourth-order valence-corrected chi connectivity index (χ4v) is 4.08. The zero-order valence-corrected chi connectivity index (χ0v) is 16.9. The van der Waals surface area contributed by atoms with Gasteiger partial charge in [-0.05, 0) is 61.7 Å². The third kappa shape index (κ3) is 4.15. The van der Waals surface area contributed by atoms with E-state index in [0.717, 1.165) is 35.5 Å². The molecule has 7 heteroatoms. The monoisotopic (exact) mass is 407 g/mol. The molecule has 1 aliphatic heterocycles. The summed E-state index contributed by atoms with van der Waals surface area (Å²) in [6.07, 6.45) is 4.15. The second-order valence-corrected chi connectivity index (χ2v) is 7.96. The molecule has 2 N–H and O–H groups in total. The maximum absolute atomic E-state index is 12.8. The SMILES string of the molecule is Cc1cccc(Oc2ccc(NC(=O)CN3C(=O)NC4(CCCCC4)C3=O)cc2)c1. The molecule has 0 aromatic heterocycles. The van der Waals surface area contributed by atoms with Crippen molar-refractivity contribution in [3.8, 4) is 11.5 Å². The highest BCUT2D eigenvalue weighted by atomic mass is 16.5. The zero-order valence-electron chi connectivity index (χ0n) is 16.9. The molecule has 2 aromatic carbocycles. The van der Waals surface area contributed by atoms with E-state index in [1.54, 1.807) is 24.3 Å². The highest BCUT2D eigenvalue weighted by Gasteiger charge is 2.51. The Balaban J connectivity index is 1.35. The second-order valence-electron chi connectivity index (χ2n) is 7.96. The number of hydrogen-bond acceptors (Lipinski definition) is 4. The Morgan fingerprint density at radius 3 is 2.50 bits per heavy atom. The molecule has 0 atom stereocenters. The highest BCUT2D eigenvalue weighted by Crippen LogP contribution is 2.33. The van der Waals surface area contributed by atoms with Gasteiger partial charge in [0, 0.05) is 5.69 Å². The maximum atomic E-state index is 12.8. The summed E-state index contributed by atoms with van der Waals surface area (Å²) < 4.78 is 5.80. The molecule has 7 nitrogen and oxygen atoms in total. The van der Waals surface area contributed by atoms with Crippen molar-refractivity contribution in [3.05, 3.63) is 54.1 Å². The van der Waals surface area contributed by atoms with Gasteiger partial charge in [-0.15, -0.1) is 0 Å². The number of nitrogens with one attached hydrogen (secondary N) is 2. The van der Waals surface area contributed by atoms with Gasteiger partial charge in [0.15, 0.2) is 0 Å². The largest absolute Gasteiger partial charge is 0.457 e. The number of aryl methyl sites for hydroxylation is 1. The van der Waals surface area contributed by atoms with E-state index in [1.807, 2.05) is 31.2 Å². The lowest BCUT2D eigenvalue weighted by Gasteiger charge is -2.30. The molecule has 0 unspecified atom stereocenters. The Labute approximate surface area is 175 Å². The molecule has 1 spiro atoms. The summed E-state index contributed by atoms with van der Waals surface area (Å²) in [4.78, 5) is 38.5. The van der Waals surface area contributed by atoms with Crippen molar-refractivity contribution in [1.82, 2.24) is 10.2 Å². The lowest BCUT2D eigenvalue weighted by molar-refractivity contribution is -0.134. The third-order valence-electron chi connectivity index (χ3n) is 5.62. The first-order valence-corrected chi connectivity index (χ1v) is 10.2. The zero-order chi connectivity index (χ0) is 21.1. The van der Waals surface area contributed by atoms with Gasteiger partial charge in [0.05, 0.1) is 0 Å². The average molecular weight is 407 g/mol. The minimum Gasteiger partial charge on any atom is -0.457 e. The first kappa shape index (κ1) is 19.9. The standard InChI is InChI=1S/C23H25N3O4/c1-16-6-5-7-19(14-16)30-18-10-8-17(9-11-18)24-20(27)15-26-21(28)23(25-22(26)29)12-3-2-4-13-23/h5-11,14H,2-4,12-13,15H2,1H3,(H,24,27)(H,25,29). The molecule has 2 aromatic rings. The van der Waals surface area contributed by atoms with Crippen LogP contribution >= 0.6 is 0 Å². The van der Waals surface area contributed by atoms with Crippen molar-refractivity contribution in [2.75, 3.05) is 11.9 Å². The summed E-state index contributed by atoms with van der Waals surface area (Å²) in [6, 6.07) is 14.2. The van der Waals surface area contributed by atoms with Crippen LogP contribution in [-0.2, 0) is 9.59 Å². The van der Waals surface area contributed by atoms with Gasteiger partial charge in [0.25, 0.3) is 5.91 Å². The van der Waals surface area contributed by atoms with E-state index < -0.39 is 17.5 Å². The number of carbonyl (C=O) groups is 3. The number of benzene rings is 2. The number of amides is 4. The van der Waals surface area contributed by atoms with E-state index >= 15 is 0 Å². The number of ether oxygens (including phenoxy) is 1. The van der Waals surface area contributed by atoms with Crippen molar-refractivity contribution in [3.63, 3.8) is 0 Å². The molecule has 1 aliphatic carbocycles. The molecule has 0 bridgehead atoms. The van der Waals surface area contributed by atoms with E-state index in [1.165, 1.54) is 0 Å². The molecule has 1 heterocycles. The van der Waals surface area contributed by atoms with Crippen molar-refractivity contribution < 1.29 is 19.1 Å². The van der Waals surface area contributed by atoms with Crippen LogP contribution in [0.25, 0.3) is 0 Å². The number of anilines is 1. The summed E-state index contributed by atoms with van der Waals surface area (Å²) in [5.41, 5.74) is 0.854. The Kier molecular flexibility index (Phi) is 5.44. The third-order valence-corrected chi connectivity index (χ3v) is 5.62. The summed E-state index contributed by atoms with van der Waals surface area (Å²) in [5.74, 6) is 0.678. The second kappa shape index (κ2) is 8.18. The molecule has 2 fully saturated rings. The molecule has 0 radical (unpaired) electrons. The van der Waals surface area contributed by atoms with Crippen molar-refractivity contribution in [2.45, 2.75) is 44.6 Å². The minimum atomic E-state index is -0.815. The van der Waals surface area contributed by atoms with Crippen LogP contribution in [0.15, 0.2) is 48.5 Å². The lowest BCUT2D eigenvalue weighted by atomic mass is 9.82. The van der Waals surface area contributed by atoms with E-state index in [-0.39, 0.29) is 12.5 Å². The summed E-state index contributed by atoms with van der Waals surface area (Å²) in [5, 5.41) is 5.55. The predicted octanol–water partition coefficient (Wildman–Crippen LogP) is 3.98. The van der Waals surface area contributed by atoms with Gasteiger partial charge < -0.3 is 15.4 Å². The van der Waals surface area contributed by atoms with Crippen LogP contribution in [-0.4, -0.2) is 34.8 Å². The molecule has 4 amide bonds.